The van der Waals surface area contributed by atoms with E-state index in [0.29, 0.717) is 5.69 Å². The first-order valence-corrected chi connectivity index (χ1v) is 3.11. The second kappa shape index (κ2) is 2.69. The van der Waals surface area contributed by atoms with Crippen molar-refractivity contribution in [2.75, 3.05) is 0 Å². The van der Waals surface area contributed by atoms with Crippen molar-refractivity contribution in [1.29, 1.82) is 0 Å². The normalized spacial score (nSPS) is 9.75. The van der Waals surface area contributed by atoms with E-state index in [4.69, 9.17) is 10.2 Å². The molecule has 5 heteroatoms. The summed E-state index contributed by atoms with van der Waals surface area (Å²) < 4.78 is 0. The molecule has 63 valence electrons. The number of aromatic amines is 1. The van der Waals surface area contributed by atoms with E-state index in [1.807, 2.05) is 0 Å². The van der Waals surface area contributed by atoms with Crippen molar-refractivity contribution in [1.82, 2.24) is 4.98 Å². The summed E-state index contributed by atoms with van der Waals surface area (Å²) in [6.07, 6.45) is 0. The predicted octanol–water partition coefficient (Wildman–Crippen LogP) is 0.520. The summed E-state index contributed by atoms with van der Waals surface area (Å²) in [5.74, 6) is -2.59. The molecule has 5 nitrogen and oxygen atoms in total. The van der Waals surface area contributed by atoms with Gasteiger partial charge in [-0.1, -0.05) is 0 Å². The molecule has 0 aliphatic heterocycles. The van der Waals surface area contributed by atoms with Gasteiger partial charge < -0.3 is 15.2 Å². The molecule has 1 heterocycles. The number of carboxylic acid groups (broad SMARTS) is 2. The number of hydrogen-bond donors (Lipinski definition) is 3. The zero-order chi connectivity index (χ0) is 9.30. The third-order valence-electron chi connectivity index (χ3n) is 1.30. The molecule has 0 aliphatic rings. The van der Waals surface area contributed by atoms with Crippen LogP contribution >= 0.6 is 0 Å². The molecule has 0 fully saturated rings. The molecule has 0 atom stereocenters. The third-order valence-corrected chi connectivity index (χ3v) is 1.30. The largest absolute Gasteiger partial charge is 0.478 e. The van der Waals surface area contributed by atoms with Gasteiger partial charge in [-0.15, -0.1) is 0 Å². The number of carboxylic acids is 2. The summed E-state index contributed by atoms with van der Waals surface area (Å²) in [6.45, 7) is 1.54. The van der Waals surface area contributed by atoms with E-state index in [0.717, 1.165) is 0 Å². The zero-order valence-electron chi connectivity index (χ0n) is 6.21. The fraction of sp³-hybridized carbons (Fsp3) is 0.143. The molecule has 0 aromatic carbocycles. The Morgan fingerprint density at radius 2 is 1.92 bits per heavy atom. The van der Waals surface area contributed by atoms with Crippen LogP contribution in [-0.2, 0) is 0 Å². The first kappa shape index (κ1) is 8.32. The quantitative estimate of drug-likeness (QED) is 0.600. The maximum absolute atomic E-state index is 10.4. The highest BCUT2D eigenvalue weighted by Crippen LogP contribution is 2.09. The minimum atomic E-state index is -1.29. The average Bonchev–Trinajstić information content (AvgIpc) is 2.31. The van der Waals surface area contributed by atoms with Crippen LogP contribution < -0.4 is 0 Å². The topological polar surface area (TPSA) is 90.4 Å². The second-order valence-electron chi connectivity index (χ2n) is 2.24. The minimum absolute atomic E-state index is 0.333. The molecule has 3 N–H and O–H groups in total. The molecule has 0 spiro atoms. The van der Waals surface area contributed by atoms with E-state index in [2.05, 4.69) is 11.1 Å². The highest BCUT2D eigenvalue weighted by Gasteiger charge is 2.18. The molecule has 0 saturated heterocycles. The lowest BCUT2D eigenvalue weighted by molar-refractivity contribution is 0.0648. The first-order chi connectivity index (χ1) is 5.52. The lowest BCUT2D eigenvalue weighted by Gasteiger charge is -1.90. The molecular weight excluding hydrogens is 162 g/mol. The molecule has 12 heavy (non-hydrogen) atoms. The van der Waals surface area contributed by atoms with Gasteiger partial charge in [0, 0.05) is 11.8 Å². The number of nitrogens with one attached hydrogen (secondary N) is 1. The van der Waals surface area contributed by atoms with Crippen LogP contribution in [0, 0.1) is 13.0 Å². The van der Waals surface area contributed by atoms with Crippen LogP contribution in [0.1, 0.15) is 26.5 Å². The van der Waals surface area contributed by atoms with Gasteiger partial charge in [0.1, 0.15) is 11.3 Å². The van der Waals surface area contributed by atoms with Gasteiger partial charge in [0.15, 0.2) is 0 Å². The molecule has 0 unspecified atom stereocenters. The summed E-state index contributed by atoms with van der Waals surface area (Å²) in [6, 6.07) is 2.39. The summed E-state index contributed by atoms with van der Waals surface area (Å²) in [7, 11) is 0. The summed E-state index contributed by atoms with van der Waals surface area (Å²) in [5.41, 5.74) is -0.273. The number of aryl methyl sites for hydroxylation is 1. The van der Waals surface area contributed by atoms with Crippen molar-refractivity contribution in [3.63, 3.8) is 0 Å². The van der Waals surface area contributed by atoms with Gasteiger partial charge in [-0.3, -0.25) is 0 Å². The van der Waals surface area contributed by atoms with Crippen LogP contribution in [0.15, 0.2) is 0 Å². The smallest absolute Gasteiger partial charge is 0.353 e. The van der Waals surface area contributed by atoms with E-state index in [1.165, 1.54) is 0 Å². The maximum atomic E-state index is 10.4. The summed E-state index contributed by atoms with van der Waals surface area (Å²) in [4.78, 5) is 23.2. The van der Waals surface area contributed by atoms with Crippen LogP contribution in [0.5, 0.6) is 0 Å². The van der Waals surface area contributed by atoms with E-state index in [1.54, 1.807) is 6.92 Å². The Bertz CT molecular complexity index is 308. The molecule has 1 rings (SSSR count). The van der Waals surface area contributed by atoms with Crippen molar-refractivity contribution in [3.8, 4) is 0 Å². The highest BCUT2D eigenvalue weighted by molar-refractivity contribution is 6.00. The molecule has 0 amide bonds. The van der Waals surface area contributed by atoms with Crippen molar-refractivity contribution >= 4 is 11.9 Å². The Morgan fingerprint density at radius 1 is 1.33 bits per heavy atom. The van der Waals surface area contributed by atoms with E-state index >= 15 is 0 Å². The van der Waals surface area contributed by atoms with Crippen molar-refractivity contribution in [3.05, 3.63) is 23.0 Å². The SMILES string of the molecule is Cc1[c]c(C(=O)O)c(C(=O)O)[nH]1. The van der Waals surface area contributed by atoms with Crippen LogP contribution in [0.2, 0.25) is 0 Å². The molecule has 1 aromatic rings. The average molecular weight is 168 g/mol. The summed E-state index contributed by atoms with van der Waals surface area (Å²) >= 11 is 0. The standard InChI is InChI=1S/C7H6NO4/c1-3-2-4(6(9)10)5(8-3)7(11)12/h8H,1H3,(H,9,10)(H,11,12). The highest BCUT2D eigenvalue weighted by atomic mass is 16.4. The Kier molecular flexibility index (Phi) is 1.86. The molecule has 0 bridgehead atoms. The van der Waals surface area contributed by atoms with Crippen LogP contribution in [0.3, 0.4) is 0 Å². The Morgan fingerprint density at radius 3 is 2.25 bits per heavy atom. The Hall–Kier alpha value is -1.78. The molecule has 0 saturated carbocycles. The monoisotopic (exact) mass is 168 g/mol. The number of aromatic carboxylic acids is 2. The van der Waals surface area contributed by atoms with E-state index < -0.39 is 11.9 Å². The number of aromatic nitrogens is 1. The van der Waals surface area contributed by atoms with Gasteiger partial charge in [0.25, 0.3) is 0 Å². The van der Waals surface area contributed by atoms with Gasteiger partial charge in [-0.25, -0.2) is 9.59 Å². The van der Waals surface area contributed by atoms with Gasteiger partial charge in [-0.05, 0) is 6.92 Å². The van der Waals surface area contributed by atoms with Crippen molar-refractivity contribution in [2.45, 2.75) is 6.92 Å². The summed E-state index contributed by atoms with van der Waals surface area (Å²) in [5, 5.41) is 17.0. The number of H-pyrrole nitrogens is 1. The third kappa shape index (κ3) is 1.29. The van der Waals surface area contributed by atoms with Gasteiger partial charge in [-0.2, -0.15) is 0 Å². The molecule has 1 radical (unpaired) electrons. The Balaban J connectivity index is 3.26. The van der Waals surface area contributed by atoms with Crippen molar-refractivity contribution < 1.29 is 19.8 Å². The van der Waals surface area contributed by atoms with Crippen LogP contribution in [0.4, 0.5) is 0 Å². The van der Waals surface area contributed by atoms with Crippen LogP contribution in [0.25, 0.3) is 0 Å². The van der Waals surface area contributed by atoms with E-state index in [-0.39, 0.29) is 11.3 Å². The van der Waals surface area contributed by atoms with Gasteiger partial charge >= 0.3 is 11.9 Å². The Labute approximate surface area is 67.6 Å². The fourth-order valence-electron chi connectivity index (χ4n) is 0.852. The van der Waals surface area contributed by atoms with E-state index in [9.17, 15) is 9.59 Å². The zero-order valence-corrected chi connectivity index (χ0v) is 6.21. The molecule has 1 aromatic heterocycles. The van der Waals surface area contributed by atoms with Gasteiger partial charge in [0.2, 0.25) is 0 Å². The van der Waals surface area contributed by atoms with Crippen LogP contribution in [-0.4, -0.2) is 27.1 Å². The maximum Gasteiger partial charge on any atom is 0.353 e. The number of carbonyl (C=O) groups is 2. The number of hydrogen-bond acceptors (Lipinski definition) is 2. The molecular formula is C7H6NO4. The first-order valence-electron chi connectivity index (χ1n) is 3.11. The minimum Gasteiger partial charge on any atom is -0.478 e. The second-order valence-corrected chi connectivity index (χ2v) is 2.24. The lowest BCUT2D eigenvalue weighted by Crippen LogP contribution is -2.05. The van der Waals surface area contributed by atoms with Gasteiger partial charge in [0.05, 0.1) is 0 Å². The predicted molar refractivity (Wildman–Crippen MR) is 38.3 cm³/mol. The fourth-order valence-corrected chi connectivity index (χ4v) is 0.852. The molecule has 0 aliphatic carbocycles. The van der Waals surface area contributed by atoms with Crippen molar-refractivity contribution in [2.24, 2.45) is 0 Å². The lowest BCUT2D eigenvalue weighted by atomic mass is 10.2. The number of rotatable bonds is 2.